The summed E-state index contributed by atoms with van der Waals surface area (Å²) in [5.74, 6) is 0.127. The molecule has 1 amide bonds. The quantitative estimate of drug-likeness (QED) is 0.678. The second-order valence-corrected chi connectivity index (χ2v) is 8.37. The maximum absolute atomic E-state index is 12.4. The lowest BCUT2D eigenvalue weighted by Crippen LogP contribution is -2.47. The highest BCUT2D eigenvalue weighted by Gasteiger charge is 2.36. The molecule has 140 valence electrons. The SMILES string of the molecule is CN1C(=O)CC(C)(c2cc(-c3cc(C#N)ccc3Cl)c3sccc3c2)N=C1N. The van der Waals surface area contributed by atoms with E-state index in [1.165, 1.54) is 4.90 Å². The van der Waals surface area contributed by atoms with Crippen LogP contribution in [0.4, 0.5) is 0 Å². The van der Waals surface area contributed by atoms with Gasteiger partial charge in [-0.2, -0.15) is 5.26 Å². The maximum Gasteiger partial charge on any atom is 0.231 e. The van der Waals surface area contributed by atoms with Crippen LogP contribution in [-0.4, -0.2) is 23.8 Å². The van der Waals surface area contributed by atoms with Gasteiger partial charge in [0.15, 0.2) is 5.96 Å². The number of hydrogen-bond acceptors (Lipinski definition) is 5. The first-order valence-electron chi connectivity index (χ1n) is 8.66. The minimum absolute atomic E-state index is 0.0773. The lowest BCUT2D eigenvalue weighted by Gasteiger charge is -2.34. The van der Waals surface area contributed by atoms with E-state index in [2.05, 4.69) is 11.1 Å². The third kappa shape index (κ3) is 2.93. The molecule has 0 fully saturated rings. The number of benzene rings is 2. The predicted octanol–water partition coefficient (Wildman–Crippen LogP) is 4.49. The number of rotatable bonds is 2. The summed E-state index contributed by atoms with van der Waals surface area (Å²) in [6.45, 7) is 1.91. The number of fused-ring (bicyclic) bond motifs is 1. The van der Waals surface area contributed by atoms with Gasteiger partial charge in [0.25, 0.3) is 0 Å². The fraction of sp³-hybridized carbons (Fsp3) is 0.190. The number of nitrogens with two attached hydrogens (primary N) is 1. The summed E-state index contributed by atoms with van der Waals surface area (Å²) in [6.07, 6.45) is 0.227. The number of nitrogens with zero attached hydrogens (tertiary/aromatic N) is 3. The second-order valence-electron chi connectivity index (χ2n) is 7.04. The Hall–Kier alpha value is -2.88. The summed E-state index contributed by atoms with van der Waals surface area (Å²) < 4.78 is 1.07. The zero-order valence-electron chi connectivity index (χ0n) is 15.4. The molecular weight excluding hydrogens is 392 g/mol. The van der Waals surface area contributed by atoms with Gasteiger partial charge in [-0.05, 0) is 59.7 Å². The lowest BCUT2D eigenvalue weighted by molar-refractivity contribution is -0.128. The van der Waals surface area contributed by atoms with Gasteiger partial charge in [0, 0.05) is 27.9 Å². The lowest BCUT2D eigenvalue weighted by atomic mass is 9.85. The highest BCUT2D eigenvalue weighted by atomic mass is 35.5. The minimum Gasteiger partial charge on any atom is -0.369 e. The molecule has 7 heteroatoms. The molecule has 0 aliphatic carbocycles. The van der Waals surface area contributed by atoms with Crippen LogP contribution < -0.4 is 5.73 Å². The van der Waals surface area contributed by atoms with Gasteiger partial charge in [0.05, 0.1) is 23.6 Å². The number of hydrogen-bond donors (Lipinski definition) is 1. The summed E-state index contributed by atoms with van der Waals surface area (Å²) in [5.41, 5.74) is 8.35. The Kier molecular flexibility index (Phi) is 4.37. The topological polar surface area (TPSA) is 82.5 Å². The molecule has 1 aliphatic heterocycles. The Labute approximate surface area is 171 Å². The number of halogens is 1. The first-order chi connectivity index (χ1) is 13.3. The van der Waals surface area contributed by atoms with Crippen molar-refractivity contribution in [3.05, 3.63) is 57.9 Å². The second kappa shape index (κ2) is 6.62. The predicted molar refractivity (Wildman–Crippen MR) is 113 cm³/mol. The molecule has 0 saturated heterocycles. The molecule has 2 aromatic carbocycles. The van der Waals surface area contributed by atoms with E-state index in [0.717, 1.165) is 26.8 Å². The van der Waals surface area contributed by atoms with Gasteiger partial charge in [-0.15, -0.1) is 11.3 Å². The molecule has 1 aliphatic rings. The molecular formula is C21H17ClN4OS. The molecule has 1 unspecified atom stereocenters. The van der Waals surface area contributed by atoms with Gasteiger partial charge in [0.1, 0.15) is 0 Å². The summed E-state index contributed by atoms with van der Waals surface area (Å²) in [6, 6.07) is 13.5. The minimum atomic E-state index is -0.766. The van der Waals surface area contributed by atoms with Crippen LogP contribution in [0.5, 0.6) is 0 Å². The maximum atomic E-state index is 12.4. The van der Waals surface area contributed by atoms with Crippen molar-refractivity contribution in [3.63, 3.8) is 0 Å². The normalized spacial score (nSPS) is 19.6. The number of guanidine groups is 1. The van der Waals surface area contributed by atoms with Crippen LogP contribution in [0, 0.1) is 11.3 Å². The summed E-state index contributed by atoms with van der Waals surface area (Å²) >= 11 is 8.09. The molecule has 0 radical (unpaired) electrons. The average Bonchev–Trinajstić information content (AvgIpc) is 3.14. The van der Waals surface area contributed by atoms with Crippen molar-refractivity contribution in [2.75, 3.05) is 7.05 Å². The van der Waals surface area contributed by atoms with E-state index in [1.807, 2.05) is 30.5 Å². The first kappa shape index (κ1) is 18.5. The Morgan fingerprint density at radius 2 is 2.07 bits per heavy atom. The molecule has 1 aromatic heterocycles. The van der Waals surface area contributed by atoms with Crippen LogP contribution >= 0.6 is 22.9 Å². The van der Waals surface area contributed by atoms with Crippen LogP contribution in [0.25, 0.3) is 21.2 Å². The zero-order valence-corrected chi connectivity index (χ0v) is 16.9. The van der Waals surface area contributed by atoms with E-state index in [4.69, 9.17) is 17.3 Å². The third-order valence-corrected chi connectivity index (χ3v) is 6.43. The highest BCUT2D eigenvalue weighted by Crippen LogP contribution is 2.42. The molecule has 5 nitrogen and oxygen atoms in total. The van der Waals surface area contributed by atoms with Crippen molar-refractivity contribution < 1.29 is 4.79 Å². The average molecular weight is 409 g/mol. The van der Waals surface area contributed by atoms with Crippen molar-refractivity contribution in [2.24, 2.45) is 10.7 Å². The molecule has 2 N–H and O–H groups in total. The van der Waals surface area contributed by atoms with Gasteiger partial charge >= 0.3 is 0 Å². The molecule has 0 spiro atoms. The molecule has 28 heavy (non-hydrogen) atoms. The van der Waals surface area contributed by atoms with Crippen molar-refractivity contribution in [1.82, 2.24) is 4.90 Å². The molecule has 2 heterocycles. The van der Waals surface area contributed by atoms with Gasteiger partial charge in [-0.25, -0.2) is 4.99 Å². The van der Waals surface area contributed by atoms with Gasteiger partial charge < -0.3 is 5.73 Å². The van der Waals surface area contributed by atoms with Crippen LogP contribution in [0.15, 0.2) is 46.8 Å². The number of nitriles is 1. The van der Waals surface area contributed by atoms with E-state index in [0.29, 0.717) is 10.6 Å². The number of carbonyl (C=O) groups is 1. The fourth-order valence-electron chi connectivity index (χ4n) is 3.47. The Morgan fingerprint density at radius 3 is 2.79 bits per heavy atom. The standard InChI is InChI=1S/C21H17ClN4OS/c1-21(10-18(27)26(2)20(24)25-21)14-8-13-5-6-28-19(13)16(9-14)15-7-12(11-23)3-4-17(15)22/h3-9H,10H2,1-2H3,(H2,24,25). The molecule has 4 rings (SSSR count). The fourth-order valence-corrected chi connectivity index (χ4v) is 4.60. The number of thiophene rings is 1. The highest BCUT2D eigenvalue weighted by molar-refractivity contribution is 7.17. The largest absolute Gasteiger partial charge is 0.369 e. The van der Waals surface area contributed by atoms with E-state index >= 15 is 0 Å². The summed E-state index contributed by atoms with van der Waals surface area (Å²) in [5, 5.41) is 12.9. The number of aliphatic imine (C=N–C) groups is 1. The van der Waals surface area contributed by atoms with Crippen molar-refractivity contribution >= 4 is 44.9 Å². The number of carbonyl (C=O) groups excluding carboxylic acids is 1. The van der Waals surface area contributed by atoms with E-state index in [-0.39, 0.29) is 18.3 Å². The Balaban J connectivity index is 1.97. The van der Waals surface area contributed by atoms with E-state index in [9.17, 15) is 10.1 Å². The van der Waals surface area contributed by atoms with Crippen molar-refractivity contribution in [1.29, 1.82) is 5.26 Å². The van der Waals surface area contributed by atoms with Crippen molar-refractivity contribution in [3.8, 4) is 17.2 Å². The summed E-state index contributed by atoms with van der Waals surface area (Å²) in [7, 11) is 1.63. The van der Waals surface area contributed by atoms with Crippen LogP contribution in [-0.2, 0) is 10.3 Å². The van der Waals surface area contributed by atoms with E-state index in [1.54, 1.807) is 36.6 Å². The first-order valence-corrected chi connectivity index (χ1v) is 9.92. The molecule has 1 atom stereocenters. The van der Waals surface area contributed by atoms with Crippen molar-refractivity contribution in [2.45, 2.75) is 18.9 Å². The van der Waals surface area contributed by atoms with Gasteiger partial charge in [-0.3, -0.25) is 9.69 Å². The summed E-state index contributed by atoms with van der Waals surface area (Å²) in [4.78, 5) is 18.4. The smallest absolute Gasteiger partial charge is 0.231 e. The van der Waals surface area contributed by atoms with Crippen LogP contribution in [0.2, 0.25) is 5.02 Å². The molecule has 0 bridgehead atoms. The Morgan fingerprint density at radius 1 is 1.29 bits per heavy atom. The number of amides is 1. The Bertz CT molecular complexity index is 1190. The van der Waals surface area contributed by atoms with E-state index < -0.39 is 5.54 Å². The molecule has 3 aromatic rings. The third-order valence-electron chi connectivity index (χ3n) is 5.13. The zero-order chi connectivity index (χ0) is 20.1. The molecule has 0 saturated carbocycles. The van der Waals surface area contributed by atoms with Gasteiger partial charge in [0.2, 0.25) is 5.91 Å². The van der Waals surface area contributed by atoms with Crippen LogP contribution in [0.1, 0.15) is 24.5 Å². The van der Waals surface area contributed by atoms with Crippen LogP contribution in [0.3, 0.4) is 0 Å². The monoisotopic (exact) mass is 408 g/mol. The van der Waals surface area contributed by atoms with Gasteiger partial charge in [-0.1, -0.05) is 11.6 Å².